The maximum Gasteiger partial charge on any atom is 0.337 e. The Morgan fingerprint density at radius 3 is 2.57 bits per heavy atom. The molecule has 1 amide bonds. The van der Waals surface area contributed by atoms with Crippen LogP contribution in [0.25, 0.3) is 0 Å². The van der Waals surface area contributed by atoms with Gasteiger partial charge in [-0.15, -0.1) is 0 Å². The minimum atomic E-state index is -4.01. The Hall–Kier alpha value is -1.93. The van der Waals surface area contributed by atoms with Crippen molar-refractivity contribution >= 4 is 21.9 Å². The third-order valence-corrected chi connectivity index (χ3v) is 5.28. The lowest BCUT2D eigenvalue weighted by molar-refractivity contribution is -0.129. The van der Waals surface area contributed by atoms with E-state index in [0.717, 1.165) is 4.31 Å². The second-order valence-corrected chi connectivity index (χ2v) is 6.72. The highest BCUT2D eigenvalue weighted by atomic mass is 32.2. The molecule has 1 saturated heterocycles. The zero-order valence-corrected chi connectivity index (χ0v) is 12.3. The van der Waals surface area contributed by atoms with E-state index in [-0.39, 0.29) is 29.5 Å². The zero-order valence-electron chi connectivity index (χ0n) is 11.5. The van der Waals surface area contributed by atoms with Crippen molar-refractivity contribution in [3.05, 3.63) is 29.8 Å². The molecule has 1 aromatic rings. The van der Waals surface area contributed by atoms with E-state index in [1.165, 1.54) is 29.2 Å². The number of amides is 1. The van der Waals surface area contributed by atoms with Crippen molar-refractivity contribution in [2.75, 3.05) is 26.7 Å². The Morgan fingerprint density at radius 1 is 1.24 bits per heavy atom. The van der Waals surface area contributed by atoms with Gasteiger partial charge < -0.3 is 10.0 Å². The minimum absolute atomic E-state index is 0.187. The van der Waals surface area contributed by atoms with Gasteiger partial charge in [0.1, 0.15) is 0 Å². The minimum Gasteiger partial charge on any atom is -0.478 e. The van der Waals surface area contributed by atoms with Gasteiger partial charge in [-0.2, -0.15) is 4.31 Å². The summed E-state index contributed by atoms with van der Waals surface area (Å²) >= 11 is 0. The molecular formula is C13H16N2O5S. The molecule has 0 bridgehead atoms. The van der Waals surface area contributed by atoms with Crippen LogP contribution in [-0.4, -0.2) is 61.3 Å². The number of sulfonamides is 1. The molecule has 0 atom stereocenters. The van der Waals surface area contributed by atoms with Gasteiger partial charge in [0.25, 0.3) is 0 Å². The number of carboxylic acid groups (broad SMARTS) is 1. The lowest BCUT2D eigenvalue weighted by atomic mass is 10.2. The topological polar surface area (TPSA) is 95.0 Å². The molecule has 8 heteroatoms. The fourth-order valence-corrected chi connectivity index (χ4v) is 3.78. The molecule has 0 radical (unpaired) electrons. The summed E-state index contributed by atoms with van der Waals surface area (Å²) in [6, 6.07) is 5.41. The maximum atomic E-state index is 12.6. The average molecular weight is 312 g/mol. The summed E-state index contributed by atoms with van der Waals surface area (Å²) in [5, 5.41) is 9.12. The van der Waals surface area contributed by atoms with Gasteiger partial charge in [0.15, 0.2) is 0 Å². The predicted octanol–water partition coefficient (Wildman–Crippen LogP) is 0.238. The van der Waals surface area contributed by atoms with Gasteiger partial charge in [-0.1, -0.05) is 12.1 Å². The van der Waals surface area contributed by atoms with Crippen LogP contribution in [0.3, 0.4) is 0 Å². The number of hydrogen-bond donors (Lipinski definition) is 1. The van der Waals surface area contributed by atoms with Crippen molar-refractivity contribution in [3.63, 3.8) is 0 Å². The van der Waals surface area contributed by atoms with Gasteiger partial charge in [-0.05, 0) is 18.6 Å². The van der Waals surface area contributed by atoms with E-state index in [0.29, 0.717) is 13.0 Å². The first kappa shape index (κ1) is 15.5. The summed E-state index contributed by atoms with van der Waals surface area (Å²) in [6.45, 7) is 0.393. The molecule has 1 aliphatic heterocycles. The molecule has 21 heavy (non-hydrogen) atoms. The van der Waals surface area contributed by atoms with Crippen molar-refractivity contribution in [1.82, 2.24) is 9.21 Å². The number of carbonyl (C=O) groups excluding carboxylic acids is 1. The van der Waals surface area contributed by atoms with Crippen LogP contribution in [0.5, 0.6) is 0 Å². The van der Waals surface area contributed by atoms with E-state index in [1.807, 2.05) is 0 Å². The molecule has 1 fully saturated rings. The number of likely N-dealkylation sites (N-methyl/N-ethyl adjacent to an activating group) is 1. The van der Waals surface area contributed by atoms with Crippen LogP contribution >= 0.6 is 0 Å². The number of nitrogens with zero attached hydrogens (tertiary/aromatic N) is 2. The Kier molecular flexibility index (Phi) is 4.29. The van der Waals surface area contributed by atoms with Crippen molar-refractivity contribution in [2.45, 2.75) is 11.3 Å². The van der Waals surface area contributed by atoms with Crippen LogP contribution in [0.15, 0.2) is 29.2 Å². The first-order valence-electron chi connectivity index (χ1n) is 6.40. The number of rotatable bonds is 3. The largest absolute Gasteiger partial charge is 0.478 e. The van der Waals surface area contributed by atoms with Gasteiger partial charge in [0.2, 0.25) is 15.9 Å². The molecule has 1 heterocycles. The van der Waals surface area contributed by atoms with E-state index in [2.05, 4.69) is 0 Å². The number of benzene rings is 1. The SMILES string of the molecule is CN1CCCN(S(=O)(=O)c2ccccc2C(=O)O)CC1=O. The van der Waals surface area contributed by atoms with Crippen LogP contribution in [-0.2, 0) is 14.8 Å². The monoisotopic (exact) mass is 312 g/mol. The van der Waals surface area contributed by atoms with Gasteiger partial charge in [0, 0.05) is 20.1 Å². The third-order valence-electron chi connectivity index (χ3n) is 3.37. The Labute approximate surface area is 122 Å². The van der Waals surface area contributed by atoms with E-state index >= 15 is 0 Å². The summed E-state index contributed by atoms with van der Waals surface area (Å²) in [7, 11) is -2.40. The molecule has 0 aliphatic carbocycles. The molecule has 0 saturated carbocycles. The van der Waals surface area contributed by atoms with E-state index in [1.54, 1.807) is 7.05 Å². The molecule has 0 unspecified atom stereocenters. The van der Waals surface area contributed by atoms with E-state index < -0.39 is 16.0 Å². The zero-order chi connectivity index (χ0) is 15.6. The van der Waals surface area contributed by atoms with Crippen LogP contribution < -0.4 is 0 Å². The smallest absolute Gasteiger partial charge is 0.337 e. The van der Waals surface area contributed by atoms with Crippen LogP contribution in [0.1, 0.15) is 16.8 Å². The van der Waals surface area contributed by atoms with Crippen molar-refractivity contribution in [3.8, 4) is 0 Å². The number of hydrogen-bond acceptors (Lipinski definition) is 4. The molecule has 0 spiro atoms. The second-order valence-electron chi connectivity index (χ2n) is 4.81. The summed E-state index contributed by atoms with van der Waals surface area (Å²) < 4.78 is 26.3. The van der Waals surface area contributed by atoms with Crippen LogP contribution in [0.2, 0.25) is 0 Å². The van der Waals surface area contributed by atoms with Crippen LogP contribution in [0.4, 0.5) is 0 Å². The average Bonchev–Trinajstić information content (AvgIpc) is 2.61. The van der Waals surface area contributed by atoms with Gasteiger partial charge in [0.05, 0.1) is 17.0 Å². The standard InChI is InChI=1S/C13H16N2O5S/c1-14-7-4-8-15(9-12(14)16)21(19,20)11-6-3-2-5-10(11)13(17)18/h2-3,5-6H,4,7-9H2,1H3,(H,17,18). The highest BCUT2D eigenvalue weighted by Crippen LogP contribution is 2.21. The maximum absolute atomic E-state index is 12.6. The molecule has 2 rings (SSSR count). The summed E-state index contributed by atoms with van der Waals surface area (Å²) in [6.07, 6.45) is 0.511. The Morgan fingerprint density at radius 2 is 1.90 bits per heavy atom. The summed E-state index contributed by atoms with van der Waals surface area (Å²) in [4.78, 5) is 24.2. The number of carbonyl (C=O) groups is 2. The normalized spacial score (nSPS) is 17.6. The molecular weight excluding hydrogens is 296 g/mol. The quantitative estimate of drug-likeness (QED) is 0.862. The number of carboxylic acids is 1. The van der Waals surface area contributed by atoms with Gasteiger partial charge in [-0.25, -0.2) is 13.2 Å². The molecule has 7 nitrogen and oxygen atoms in total. The van der Waals surface area contributed by atoms with Crippen molar-refractivity contribution in [1.29, 1.82) is 0 Å². The molecule has 1 aliphatic rings. The van der Waals surface area contributed by atoms with Gasteiger partial charge in [-0.3, -0.25) is 4.79 Å². The second kappa shape index (κ2) is 5.82. The van der Waals surface area contributed by atoms with Crippen molar-refractivity contribution in [2.24, 2.45) is 0 Å². The van der Waals surface area contributed by atoms with Crippen molar-refractivity contribution < 1.29 is 23.1 Å². The fourth-order valence-electron chi connectivity index (χ4n) is 2.17. The molecule has 1 aromatic carbocycles. The van der Waals surface area contributed by atoms with E-state index in [4.69, 9.17) is 5.11 Å². The molecule has 114 valence electrons. The summed E-state index contributed by atoms with van der Waals surface area (Å²) in [5.41, 5.74) is -0.289. The Bertz CT molecular complexity index is 671. The first-order chi connectivity index (χ1) is 9.84. The fraction of sp³-hybridized carbons (Fsp3) is 0.385. The summed E-state index contributed by atoms with van der Waals surface area (Å²) in [5.74, 6) is -1.61. The number of aromatic carboxylic acids is 1. The lowest BCUT2D eigenvalue weighted by Crippen LogP contribution is -2.38. The van der Waals surface area contributed by atoms with E-state index in [9.17, 15) is 18.0 Å². The van der Waals surface area contributed by atoms with Crippen LogP contribution in [0, 0.1) is 0 Å². The highest BCUT2D eigenvalue weighted by Gasteiger charge is 2.32. The van der Waals surface area contributed by atoms with Gasteiger partial charge >= 0.3 is 5.97 Å². The highest BCUT2D eigenvalue weighted by molar-refractivity contribution is 7.89. The predicted molar refractivity (Wildman–Crippen MR) is 74.4 cm³/mol. The third kappa shape index (κ3) is 3.06. The first-order valence-corrected chi connectivity index (χ1v) is 7.84. The lowest BCUT2D eigenvalue weighted by Gasteiger charge is -2.20. The molecule has 0 aromatic heterocycles. The molecule has 1 N–H and O–H groups in total. The Balaban J connectivity index is 2.43.